The molecule has 0 N–H and O–H groups in total. The largest absolute Gasteiger partial charge is 0.294 e. The van der Waals surface area contributed by atoms with E-state index in [1.165, 1.54) is 16.7 Å². The zero-order valence-corrected chi connectivity index (χ0v) is 23.4. The molecule has 202 valence electrons. The molecule has 0 amide bonds. The second-order valence-electron chi connectivity index (χ2n) is 10.7. The third kappa shape index (κ3) is 4.48. The molecule has 0 aliphatic rings. The van der Waals surface area contributed by atoms with Crippen molar-refractivity contribution in [3.63, 3.8) is 0 Å². The molecule has 0 fully saturated rings. The van der Waals surface area contributed by atoms with Gasteiger partial charge in [-0.05, 0) is 40.5 Å². The Kier molecular flexibility index (Phi) is 6.12. The van der Waals surface area contributed by atoms with Crippen LogP contribution >= 0.6 is 0 Å². The average Bonchev–Trinajstić information content (AvgIpc) is 3.43. The summed E-state index contributed by atoms with van der Waals surface area (Å²) in [5, 5.41) is 2.20. The highest BCUT2D eigenvalue weighted by Gasteiger charge is 2.20. The molecule has 8 aromatic rings. The van der Waals surface area contributed by atoms with Crippen molar-refractivity contribution < 1.29 is 0 Å². The predicted octanol–water partition coefficient (Wildman–Crippen LogP) is 10.2. The van der Waals surface area contributed by atoms with Gasteiger partial charge in [0.1, 0.15) is 5.65 Å². The summed E-state index contributed by atoms with van der Waals surface area (Å²) in [5.74, 6) is 0.706. The molecule has 6 aromatic carbocycles. The van der Waals surface area contributed by atoms with E-state index in [0.29, 0.717) is 5.82 Å². The van der Waals surface area contributed by atoms with Crippen LogP contribution in [0, 0.1) is 0 Å². The Bertz CT molecular complexity index is 2180. The molecule has 0 radical (unpaired) electrons. The van der Waals surface area contributed by atoms with E-state index in [0.717, 1.165) is 50.0 Å². The topological polar surface area (TPSA) is 30.7 Å². The Labute approximate surface area is 250 Å². The minimum atomic E-state index is 0.706. The van der Waals surface area contributed by atoms with Crippen LogP contribution in [-0.2, 0) is 0 Å². The summed E-state index contributed by atoms with van der Waals surface area (Å²) in [4.78, 5) is 10.5. The highest BCUT2D eigenvalue weighted by molar-refractivity contribution is 6.14. The highest BCUT2D eigenvalue weighted by Crippen LogP contribution is 2.38. The fourth-order valence-corrected chi connectivity index (χ4v) is 5.92. The maximum Gasteiger partial charge on any atom is 0.162 e. The molecule has 0 saturated heterocycles. The first-order valence-corrected chi connectivity index (χ1v) is 14.5. The van der Waals surface area contributed by atoms with Crippen LogP contribution in [0.1, 0.15) is 0 Å². The lowest BCUT2D eigenvalue weighted by Crippen LogP contribution is -1.99. The van der Waals surface area contributed by atoms with Crippen molar-refractivity contribution in [3.05, 3.63) is 164 Å². The Morgan fingerprint density at radius 1 is 0.372 bits per heavy atom. The second kappa shape index (κ2) is 10.6. The van der Waals surface area contributed by atoms with Crippen LogP contribution in [0.2, 0.25) is 0 Å². The van der Waals surface area contributed by atoms with Gasteiger partial charge >= 0.3 is 0 Å². The zero-order chi connectivity index (χ0) is 28.6. The van der Waals surface area contributed by atoms with Crippen molar-refractivity contribution in [2.45, 2.75) is 0 Å². The molecule has 3 nitrogen and oxygen atoms in total. The first-order valence-electron chi connectivity index (χ1n) is 14.5. The first-order chi connectivity index (χ1) is 21.3. The number of aromatic nitrogens is 3. The summed E-state index contributed by atoms with van der Waals surface area (Å²) < 4.78 is 2.25. The number of hydrogen-bond donors (Lipinski definition) is 0. The van der Waals surface area contributed by atoms with Crippen LogP contribution in [-0.4, -0.2) is 14.5 Å². The SMILES string of the molecule is c1ccc(-c2ccc(-c3ccc(-c4nc(-c5ccccc5)c5c6ccccc6n(-c6ccccc6)c5n4)cc3)cc2)cc1. The Morgan fingerprint density at radius 3 is 1.44 bits per heavy atom. The maximum absolute atomic E-state index is 5.24. The minimum Gasteiger partial charge on any atom is -0.294 e. The van der Waals surface area contributed by atoms with Crippen molar-refractivity contribution in [1.29, 1.82) is 0 Å². The number of nitrogens with zero attached hydrogens (tertiary/aromatic N) is 3. The van der Waals surface area contributed by atoms with Gasteiger partial charge in [-0.1, -0.05) is 146 Å². The molecular weight excluding hydrogens is 522 g/mol. The lowest BCUT2D eigenvalue weighted by molar-refractivity contribution is 1.11. The average molecular weight is 550 g/mol. The molecule has 43 heavy (non-hydrogen) atoms. The molecular formula is C40H27N3. The van der Waals surface area contributed by atoms with Gasteiger partial charge in [-0.2, -0.15) is 0 Å². The third-order valence-electron chi connectivity index (χ3n) is 8.05. The minimum absolute atomic E-state index is 0.706. The van der Waals surface area contributed by atoms with Gasteiger partial charge in [-0.3, -0.25) is 4.57 Å². The van der Waals surface area contributed by atoms with Gasteiger partial charge in [0.05, 0.1) is 16.6 Å². The van der Waals surface area contributed by atoms with Crippen molar-refractivity contribution in [1.82, 2.24) is 14.5 Å². The third-order valence-corrected chi connectivity index (χ3v) is 8.05. The molecule has 3 heteroatoms. The first kappa shape index (κ1) is 25.0. The van der Waals surface area contributed by atoms with Crippen LogP contribution < -0.4 is 0 Å². The van der Waals surface area contributed by atoms with E-state index in [4.69, 9.17) is 9.97 Å². The van der Waals surface area contributed by atoms with Gasteiger partial charge in [0.25, 0.3) is 0 Å². The van der Waals surface area contributed by atoms with Crippen molar-refractivity contribution in [3.8, 4) is 50.6 Å². The molecule has 0 spiro atoms. The number of hydrogen-bond acceptors (Lipinski definition) is 2. The lowest BCUT2D eigenvalue weighted by atomic mass is 9.99. The molecule has 0 aliphatic heterocycles. The number of fused-ring (bicyclic) bond motifs is 3. The number of rotatable bonds is 5. The van der Waals surface area contributed by atoms with Gasteiger partial charge in [0, 0.05) is 22.2 Å². The number of benzene rings is 6. The second-order valence-corrected chi connectivity index (χ2v) is 10.7. The summed E-state index contributed by atoms with van der Waals surface area (Å²) in [6, 6.07) is 57.2. The van der Waals surface area contributed by atoms with Gasteiger partial charge in [0.2, 0.25) is 0 Å². The highest BCUT2D eigenvalue weighted by atomic mass is 15.1. The van der Waals surface area contributed by atoms with E-state index in [1.54, 1.807) is 0 Å². The van der Waals surface area contributed by atoms with Gasteiger partial charge in [-0.15, -0.1) is 0 Å². The van der Waals surface area contributed by atoms with E-state index in [2.05, 4.69) is 150 Å². The Hall–Kier alpha value is -5.80. The summed E-state index contributed by atoms with van der Waals surface area (Å²) >= 11 is 0. The monoisotopic (exact) mass is 549 g/mol. The Morgan fingerprint density at radius 2 is 0.837 bits per heavy atom. The van der Waals surface area contributed by atoms with Crippen LogP contribution in [0.4, 0.5) is 0 Å². The fraction of sp³-hybridized carbons (Fsp3) is 0. The van der Waals surface area contributed by atoms with Crippen molar-refractivity contribution in [2.75, 3.05) is 0 Å². The Balaban J connectivity index is 1.28. The van der Waals surface area contributed by atoms with Gasteiger partial charge in [-0.25, -0.2) is 9.97 Å². The molecule has 8 rings (SSSR count). The van der Waals surface area contributed by atoms with Crippen LogP contribution in [0.3, 0.4) is 0 Å². The van der Waals surface area contributed by atoms with E-state index in [-0.39, 0.29) is 0 Å². The summed E-state index contributed by atoms with van der Waals surface area (Å²) in [7, 11) is 0. The predicted molar refractivity (Wildman–Crippen MR) is 178 cm³/mol. The quantitative estimate of drug-likeness (QED) is 0.214. The normalized spacial score (nSPS) is 11.3. The fourth-order valence-electron chi connectivity index (χ4n) is 5.92. The zero-order valence-electron chi connectivity index (χ0n) is 23.4. The van der Waals surface area contributed by atoms with Crippen LogP contribution in [0.25, 0.3) is 72.5 Å². The summed E-state index contributed by atoms with van der Waals surface area (Å²) in [6.07, 6.45) is 0. The van der Waals surface area contributed by atoms with Gasteiger partial charge < -0.3 is 0 Å². The van der Waals surface area contributed by atoms with Crippen molar-refractivity contribution >= 4 is 21.9 Å². The molecule has 0 bridgehead atoms. The molecule has 0 aliphatic carbocycles. The number of para-hydroxylation sites is 2. The van der Waals surface area contributed by atoms with Crippen LogP contribution in [0.15, 0.2) is 164 Å². The van der Waals surface area contributed by atoms with Gasteiger partial charge in [0.15, 0.2) is 5.82 Å². The molecule has 0 atom stereocenters. The standard InChI is InChI=1S/C40H27N3/c1-4-12-28(13-5-1)29-20-22-30(23-21-29)31-24-26-33(27-25-31)39-41-38(32-14-6-2-7-15-32)37-35-18-10-11-19-36(35)43(40(37)42-39)34-16-8-3-9-17-34/h1-27H. The van der Waals surface area contributed by atoms with Crippen molar-refractivity contribution in [2.24, 2.45) is 0 Å². The maximum atomic E-state index is 5.24. The summed E-state index contributed by atoms with van der Waals surface area (Å²) in [5.41, 5.74) is 10.8. The molecule has 0 unspecified atom stereocenters. The van der Waals surface area contributed by atoms with E-state index >= 15 is 0 Å². The molecule has 0 saturated carbocycles. The van der Waals surface area contributed by atoms with E-state index in [1.807, 2.05) is 18.2 Å². The van der Waals surface area contributed by atoms with E-state index in [9.17, 15) is 0 Å². The lowest BCUT2D eigenvalue weighted by Gasteiger charge is -2.11. The molecule has 2 heterocycles. The molecule has 2 aromatic heterocycles. The van der Waals surface area contributed by atoms with Crippen LogP contribution in [0.5, 0.6) is 0 Å². The summed E-state index contributed by atoms with van der Waals surface area (Å²) in [6.45, 7) is 0. The smallest absolute Gasteiger partial charge is 0.162 e. The van der Waals surface area contributed by atoms with E-state index < -0.39 is 0 Å².